The summed E-state index contributed by atoms with van der Waals surface area (Å²) in [4.78, 5) is 27.2. The highest BCUT2D eigenvalue weighted by molar-refractivity contribution is 5.94. The summed E-state index contributed by atoms with van der Waals surface area (Å²) in [5.41, 5.74) is 4.11. The van der Waals surface area contributed by atoms with Gasteiger partial charge in [-0.1, -0.05) is 55.8 Å². The van der Waals surface area contributed by atoms with E-state index in [1.807, 2.05) is 48.5 Å². The van der Waals surface area contributed by atoms with Gasteiger partial charge in [-0.2, -0.15) is 0 Å². The summed E-state index contributed by atoms with van der Waals surface area (Å²) in [5.74, 6) is 0.116. The van der Waals surface area contributed by atoms with Crippen LogP contribution in [-0.2, 0) is 14.3 Å². The molecule has 1 N–H and O–H groups in total. The van der Waals surface area contributed by atoms with E-state index < -0.39 is 0 Å². The normalized spacial score (nSPS) is 24.9. The van der Waals surface area contributed by atoms with E-state index in [9.17, 15) is 9.59 Å². The van der Waals surface area contributed by atoms with Gasteiger partial charge in [0.2, 0.25) is 0 Å². The lowest BCUT2D eigenvalue weighted by Crippen LogP contribution is -2.49. The molecule has 6 nitrogen and oxygen atoms in total. The van der Waals surface area contributed by atoms with Crippen molar-refractivity contribution in [3.05, 3.63) is 65.9 Å². The fourth-order valence-corrected chi connectivity index (χ4v) is 5.72. The number of benzene rings is 2. The van der Waals surface area contributed by atoms with Crippen LogP contribution in [-0.4, -0.2) is 56.5 Å². The first kappa shape index (κ1) is 24.0. The number of anilines is 1. The molecule has 0 bridgehead atoms. The second kappa shape index (κ2) is 10.9. The number of nitrogens with one attached hydrogen (secondary N) is 1. The van der Waals surface area contributed by atoms with Crippen molar-refractivity contribution in [1.82, 2.24) is 4.90 Å². The summed E-state index contributed by atoms with van der Waals surface area (Å²) in [7, 11) is 2.99. The Labute approximate surface area is 201 Å². The van der Waals surface area contributed by atoms with Crippen LogP contribution in [0.2, 0.25) is 0 Å². The van der Waals surface area contributed by atoms with Crippen molar-refractivity contribution in [3.63, 3.8) is 0 Å². The van der Waals surface area contributed by atoms with Crippen LogP contribution in [0.25, 0.3) is 11.1 Å². The van der Waals surface area contributed by atoms with Gasteiger partial charge in [-0.15, -0.1) is 0 Å². The summed E-state index contributed by atoms with van der Waals surface area (Å²) in [6, 6.07) is 16.4. The van der Waals surface area contributed by atoms with Crippen molar-refractivity contribution in [2.75, 3.05) is 32.6 Å². The molecule has 34 heavy (non-hydrogen) atoms. The van der Waals surface area contributed by atoms with E-state index in [0.29, 0.717) is 17.1 Å². The third kappa shape index (κ3) is 4.73. The lowest BCUT2D eigenvalue weighted by Gasteiger charge is -2.42. The number of fused-ring (bicyclic) bond motifs is 1. The van der Waals surface area contributed by atoms with Gasteiger partial charge in [0.15, 0.2) is 6.29 Å². The first-order chi connectivity index (χ1) is 16.6. The van der Waals surface area contributed by atoms with E-state index in [1.54, 1.807) is 13.4 Å². The maximum absolute atomic E-state index is 12.5. The fraction of sp³-hybridized carbons (Fsp3) is 0.429. The van der Waals surface area contributed by atoms with Gasteiger partial charge in [-0.25, -0.2) is 4.79 Å². The molecule has 2 aromatic carbocycles. The predicted molar refractivity (Wildman–Crippen MR) is 134 cm³/mol. The Kier molecular flexibility index (Phi) is 7.68. The zero-order chi connectivity index (χ0) is 24.1. The number of esters is 1. The molecule has 2 heterocycles. The molecule has 0 amide bonds. The van der Waals surface area contributed by atoms with Crippen molar-refractivity contribution < 1.29 is 19.1 Å². The van der Waals surface area contributed by atoms with E-state index in [-0.39, 0.29) is 24.0 Å². The maximum Gasteiger partial charge on any atom is 0.337 e. The number of methoxy groups -OCH3 is 2. The Hall–Kier alpha value is -3.12. The third-order valence-corrected chi connectivity index (χ3v) is 7.43. The minimum Gasteiger partial charge on any atom is -0.504 e. The van der Waals surface area contributed by atoms with Crippen LogP contribution < -0.4 is 5.32 Å². The Balaban J connectivity index is 1.60. The largest absolute Gasteiger partial charge is 0.504 e. The minimum absolute atomic E-state index is 0.0715. The number of piperidine rings is 1. The zero-order valence-corrected chi connectivity index (χ0v) is 20.2. The van der Waals surface area contributed by atoms with E-state index in [2.05, 4.69) is 17.1 Å². The number of aldehydes is 1. The Morgan fingerprint density at radius 1 is 1.15 bits per heavy atom. The van der Waals surface area contributed by atoms with Crippen molar-refractivity contribution in [1.29, 1.82) is 0 Å². The molecule has 2 aliphatic heterocycles. The van der Waals surface area contributed by atoms with Gasteiger partial charge in [0.1, 0.15) is 0 Å². The molecule has 180 valence electrons. The first-order valence-corrected chi connectivity index (χ1v) is 12.1. The third-order valence-electron chi connectivity index (χ3n) is 7.43. The highest BCUT2D eigenvalue weighted by atomic mass is 16.5. The van der Waals surface area contributed by atoms with Gasteiger partial charge in [-0.3, -0.25) is 9.69 Å². The van der Waals surface area contributed by atoms with Crippen LogP contribution in [0.3, 0.4) is 0 Å². The second-order valence-corrected chi connectivity index (χ2v) is 9.16. The van der Waals surface area contributed by atoms with Crippen LogP contribution in [0.4, 0.5) is 5.69 Å². The molecule has 2 aliphatic rings. The van der Waals surface area contributed by atoms with Gasteiger partial charge >= 0.3 is 5.97 Å². The smallest absolute Gasteiger partial charge is 0.337 e. The summed E-state index contributed by atoms with van der Waals surface area (Å²) in [6.07, 6.45) is 5.32. The van der Waals surface area contributed by atoms with E-state index in [0.717, 1.165) is 55.5 Å². The maximum atomic E-state index is 12.5. The van der Waals surface area contributed by atoms with Crippen LogP contribution in [0, 0.1) is 11.8 Å². The molecular weight excluding hydrogens is 428 g/mol. The van der Waals surface area contributed by atoms with Gasteiger partial charge in [0, 0.05) is 36.4 Å². The SMILES string of the molecule is CCC1CN2CCC(Nc3cccc(-c4ccccc4)c3C=O)C2CC1/C(=C\OC)C(=O)OC. The van der Waals surface area contributed by atoms with Crippen LogP contribution in [0.15, 0.2) is 60.4 Å². The molecule has 0 radical (unpaired) electrons. The minimum atomic E-state index is -0.319. The Bertz CT molecular complexity index is 1040. The van der Waals surface area contributed by atoms with Crippen molar-refractivity contribution >= 4 is 17.9 Å². The molecule has 0 saturated carbocycles. The van der Waals surface area contributed by atoms with E-state index in [1.165, 1.54) is 7.11 Å². The van der Waals surface area contributed by atoms with Crippen LogP contribution in [0.5, 0.6) is 0 Å². The molecule has 0 aromatic heterocycles. The average molecular weight is 463 g/mol. The molecular formula is C28H34N2O4. The molecule has 2 saturated heterocycles. The molecule has 4 unspecified atom stereocenters. The van der Waals surface area contributed by atoms with Gasteiger partial charge in [0.05, 0.1) is 26.1 Å². The number of hydrogen-bond acceptors (Lipinski definition) is 6. The lowest BCUT2D eigenvalue weighted by atomic mass is 9.75. The standard InChI is InChI=1S/C28H34N2O4/c1-4-19-16-30-14-13-26(27(30)15-22(19)24(18-33-2)28(32)34-3)29-25-12-8-11-21(23(25)17-31)20-9-6-5-7-10-20/h5-12,17-19,22,26-27,29H,4,13-16H2,1-3H3/b24-18+. The second-order valence-electron chi connectivity index (χ2n) is 9.16. The Morgan fingerprint density at radius 2 is 1.94 bits per heavy atom. The molecule has 0 aliphatic carbocycles. The highest BCUT2D eigenvalue weighted by Gasteiger charge is 2.44. The topological polar surface area (TPSA) is 67.9 Å². The van der Waals surface area contributed by atoms with Crippen molar-refractivity contribution in [3.8, 4) is 11.1 Å². The first-order valence-electron chi connectivity index (χ1n) is 12.1. The number of carbonyl (C=O) groups is 2. The summed E-state index contributed by atoms with van der Waals surface area (Å²) < 4.78 is 10.3. The quantitative estimate of drug-likeness (QED) is 0.264. The average Bonchev–Trinajstić information content (AvgIpc) is 3.27. The molecule has 4 atom stereocenters. The van der Waals surface area contributed by atoms with E-state index >= 15 is 0 Å². The molecule has 2 fully saturated rings. The van der Waals surface area contributed by atoms with Gasteiger partial charge in [-0.05, 0) is 41.9 Å². The summed E-state index contributed by atoms with van der Waals surface area (Å²) in [5, 5.41) is 3.70. The highest BCUT2D eigenvalue weighted by Crippen LogP contribution is 2.41. The number of ether oxygens (including phenoxy) is 2. The molecule has 4 rings (SSSR count). The summed E-state index contributed by atoms with van der Waals surface area (Å²) in [6.45, 7) is 4.12. The Morgan fingerprint density at radius 3 is 2.62 bits per heavy atom. The molecule has 2 aromatic rings. The number of rotatable bonds is 8. The fourth-order valence-electron chi connectivity index (χ4n) is 5.72. The van der Waals surface area contributed by atoms with Gasteiger partial charge < -0.3 is 14.8 Å². The van der Waals surface area contributed by atoms with Gasteiger partial charge in [0.25, 0.3) is 0 Å². The number of hydrogen-bond donors (Lipinski definition) is 1. The summed E-state index contributed by atoms with van der Waals surface area (Å²) >= 11 is 0. The predicted octanol–water partition coefficient (Wildman–Crippen LogP) is 4.77. The lowest BCUT2D eigenvalue weighted by molar-refractivity contribution is -0.137. The van der Waals surface area contributed by atoms with Crippen molar-refractivity contribution in [2.24, 2.45) is 11.8 Å². The molecule has 6 heteroatoms. The zero-order valence-electron chi connectivity index (χ0n) is 20.2. The van der Waals surface area contributed by atoms with Crippen molar-refractivity contribution in [2.45, 2.75) is 38.3 Å². The van der Waals surface area contributed by atoms with Crippen LogP contribution >= 0.6 is 0 Å². The van der Waals surface area contributed by atoms with Crippen LogP contribution in [0.1, 0.15) is 36.5 Å². The molecule has 0 spiro atoms. The monoisotopic (exact) mass is 462 g/mol. The number of nitrogens with zero attached hydrogens (tertiary/aromatic N) is 1. The number of carbonyl (C=O) groups excluding carboxylic acids is 2. The van der Waals surface area contributed by atoms with E-state index in [4.69, 9.17) is 9.47 Å².